The molecule has 288 valence electrons. The number of fused-ring (bicyclic) bond motifs is 9. The molecular weight excluding hydrogens is 711 g/mol. The van der Waals surface area contributed by atoms with E-state index in [4.69, 9.17) is 0 Å². The molecule has 0 unspecified atom stereocenters. The molecular formula is C58H51N. The summed E-state index contributed by atoms with van der Waals surface area (Å²) in [7, 11) is 0. The molecule has 0 aromatic heterocycles. The molecule has 4 bridgehead atoms. The minimum atomic E-state index is -0.163. The Labute approximate surface area is 349 Å². The van der Waals surface area contributed by atoms with Crippen LogP contribution in [-0.2, 0) is 16.2 Å². The number of benzene rings is 7. The van der Waals surface area contributed by atoms with Crippen LogP contribution in [0.5, 0.6) is 0 Å². The van der Waals surface area contributed by atoms with Crippen LogP contribution in [0.2, 0.25) is 0 Å². The van der Waals surface area contributed by atoms with Crippen LogP contribution >= 0.6 is 0 Å². The van der Waals surface area contributed by atoms with Crippen molar-refractivity contribution < 1.29 is 0 Å². The van der Waals surface area contributed by atoms with Gasteiger partial charge in [0, 0.05) is 27.6 Å². The molecule has 59 heavy (non-hydrogen) atoms. The lowest BCUT2D eigenvalue weighted by molar-refractivity contribution is -0.0399. The monoisotopic (exact) mass is 761 g/mol. The van der Waals surface area contributed by atoms with Gasteiger partial charge in [-0.25, -0.2) is 0 Å². The quantitative estimate of drug-likeness (QED) is 0.173. The Balaban J connectivity index is 1.04. The SMILES string of the molecule is CC1(C)c2ccccc2-c2cccc(-c3cccc(N(c4ccc5c(c4)C4(c6ccccc6-5)C5CC6CC(C5)CC4C6)c4cccc5c4C(C)(C)c4ccccc4-5)c3)c21. The van der Waals surface area contributed by atoms with Crippen LogP contribution in [0.15, 0.2) is 152 Å². The molecule has 14 rings (SSSR count). The van der Waals surface area contributed by atoms with Crippen LogP contribution in [-0.4, -0.2) is 0 Å². The van der Waals surface area contributed by atoms with E-state index in [1.54, 1.807) is 11.1 Å². The van der Waals surface area contributed by atoms with Crippen LogP contribution in [0.4, 0.5) is 17.1 Å². The number of rotatable bonds is 4. The van der Waals surface area contributed by atoms with Crippen LogP contribution in [0, 0.1) is 23.7 Å². The third-order valence-electron chi connectivity index (χ3n) is 16.6. The van der Waals surface area contributed by atoms with Crippen molar-refractivity contribution in [3.8, 4) is 44.5 Å². The molecule has 0 heterocycles. The molecule has 7 aliphatic carbocycles. The third-order valence-corrected chi connectivity index (χ3v) is 16.6. The van der Waals surface area contributed by atoms with Crippen molar-refractivity contribution in [3.63, 3.8) is 0 Å². The van der Waals surface area contributed by atoms with Gasteiger partial charge in [0.2, 0.25) is 0 Å². The maximum Gasteiger partial charge on any atom is 0.0508 e. The highest BCUT2D eigenvalue weighted by Crippen LogP contribution is 2.70. The fourth-order valence-corrected chi connectivity index (χ4v) is 14.6. The highest BCUT2D eigenvalue weighted by Gasteiger charge is 2.61. The number of hydrogen-bond donors (Lipinski definition) is 0. The van der Waals surface area contributed by atoms with Crippen LogP contribution in [0.1, 0.15) is 93.2 Å². The summed E-state index contributed by atoms with van der Waals surface area (Å²) in [5.41, 5.74) is 23.5. The molecule has 7 aliphatic rings. The van der Waals surface area contributed by atoms with E-state index in [2.05, 4.69) is 184 Å². The predicted octanol–water partition coefficient (Wildman–Crippen LogP) is 15.2. The number of hydrogen-bond acceptors (Lipinski definition) is 1. The standard InChI is InChI=1S/C58H51N/c1-56(2)49-22-8-5-17-44(49)47-20-12-19-42(54(47)56)37-14-11-15-40(33-37)59(53-25-13-21-48-45-18-6-9-23-50(45)57(3,4)55(48)53)41-26-27-46-43-16-7-10-24-51(43)58(52(46)34-41)38-29-35-28-36(31-38)32-39(58)30-35/h5-27,33-36,38-39H,28-32H2,1-4H3. The summed E-state index contributed by atoms with van der Waals surface area (Å²) in [4.78, 5) is 2.64. The van der Waals surface area contributed by atoms with E-state index in [1.807, 2.05) is 0 Å². The van der Waals surface area contributed by atoms with Gasteiger partial charge in [0.05, 0.1) is 5.69 Å². The van der Waals surface area contributed by atoms with Gasteiger partial charge in [0.15, 0.2) is 0 Å². The highest BCUT2D eigenvalue weighted by atomic mass is 15.1. The van der Waals surface area contributed by atoms with Gasteiger partial charge in [0.1, 0.15) is 0 Å². The smallest absolute Gasteiger partial charge is 0.0508 e. The van der Waals surface area contributed by atoms with Gasteiger partial charge in [0.25, 0.3) is 0 Å². The van der Waals surface area contributed by atoms with Gasteiger partial charge in [-0.1, -0.05) is 149 Å². The molecule has 4 saturated carbocycles. The average molecular weight is 762 g/mol. The molecule has 7 aromatic carbocycles. The summed E-state index contributed by atoms with van der Waals surface area (Å²) in [6.45, 7) is 9.69. The number of anilines is 3. The minimum Gasteiger partial charge on any atom is -0.310 e. The Morgan fingerprint density at radius 2 is 0.881 bits per heavy atom. The largest absolute Gasteiger partial charge is 0.310 e. The summed E-state index contributed by atoms with van der Waals surface area (Å²) >= 11 is 0. The zero-order valence-electron chi connectivity index (χ0n) is 34.7. The number of nitrogens with zero attached hydrogens (tertiary/aromatic N) is 1. The molecule has 4 fully saturated rings. The van der Waals surface area contributed by atoms with E-state index in [1.165, 1.54) is 116 Å². The predicted molar refractivity (Wildman–Crippen MR) is 245 cm³/mol. The first-order valence-corrected chi connectivity index (χ1v) is 22.4. The first kappa shape index (κ1) is 34.2. The Kier molecular flexibility index (Phi) is 6.82. The lowest BCUT2D eigenvalue weighted by Crippen LogP contribution is -2.55. The van der Waals surface area contributed by atoms with E-state index in [9.17, 15) is 0 Å². The second-order valence-corrected chi connectivity index (χ2v) is 20.1. The zero-order chi connectivity index (χ0) is 39.4. The Bertz CT molecular complexity index is 2890. The van der Waals surface area contributed by atoms with Gasteiger partial charge in [-0.2, -0.15) is 0 Å². The molecule has 1 nitrogen and oxygen atoms in total. The molecule has 1 heteroatoms. The molecule has 0 saturated heterocycles. The summed E-state index contributed by atoms with van der Waals surface area (Å²) < 4.78 is 0. The van der Waals surface area contributed by atoms with Crippen molar-refractivity contribution in [2.75, 3.05) is 4.90 Å². The maximum absolute atomic E-state index is 2.68. The Morgan fingerprint density at radius 1 is 0.390 bits per heavy atom. The summed E-state index contributed by atoms with van der Waals surface area (Å²) in [5, 5.41) is 0. The first-order chi connectivity index (χ1) is 28.7. The van der Waals surface area contributed by atoms with E-state index in [0.717, 1.165) is 23.7 Å². The molecule has 0 N–H and O–H groups in total. The third kappa shape index (κ3) is 4.36. The molecule has 0 radical (unpaired) electrons. The molecule has 1 spiro atoms. The highest BCUT2D eigenvalue weighted by molar-refractivity contribution is 5.94. The fraction of sp³-hybridized carbons (Fsp3) is 0.276. The normalized spacial score (nSPS) is 24.9. The molecule has 7 aromatic rings. The second-order valence-electron chi connectivity index (χ2n) is 20.1. The van der Waals surface area contributed by atoms with Crippen molar-refractivity contribution in [1.29, 1.82) is 0 Å². The van der Waals surface area contributed by atoms with Gasteiger partial charge in [-0.3, -0.25) is 0 Å². The van der Waals surface area contributed by atoms with Crippen molar-refractivity contribution in [3.05, 3.63) is 185 Å². The van der Waals surface area contributed by atoms with E-state index in [0.29, 0.717) is 0 Å². The van der Waals surface area contributed by atoms with E-state index >= 15 is 0 Å². The van der Waals surface area contributed by atoms with Gasteiger partial charge in [-0.05, 0) is 164 Å². The lowest BCUT2D eigenvalue weighted by atomic mass is 9.43. The maximum atomic E-state index is 2.68. The van der Waals surface area contributed by atoms with Crippen molar-refractivity contribution in [1.82, 2.24) is 0 Å². The molecule has 0 atom stereocenters. The van der Waals surface area contributed by atoms with Gasteiger partial charge >= 0.3 is 0 Å². The van der Waals surface area contributed by atoms with Crippen molar-refractivity contribution >= 4 is 17.1 Å². The Hall–Kier alpha value is -5.66. The van der Waals surface area contributed by atoms with Crippen LogP contribution in [0.3, 0.4) is 0 Å². The first-order valence-electron chi connectivity index (χ1n) is 22.4. The van der Waals surface area contributed by atoms with E-state index < -0.39 is 0 Å². The topological polar surface area (TPSA) is 3.24 Å². The van der Waals surface area contributed by atoms with Crippen molar-refractivity contribution in [2.45, 2.75) is 76.0 Å². The van der Waals surface area contributed by atoms with Crippen LogP contribution in [0.25, 0.3) is 44.5 Å². The van der Waals surface area contributed by atoms with Crippen LogP contribution < -0.4 is 4.90 Å². The van der Waals surface area contributed by atoms with Crippen molar-refractivity contribution in [2.24, 2.45) is 23.7 Å². The van der Waals surface area contributed by atoms with Gasteiger partial charge < -0.3 is 4.90 Å². The minimum absolute atomic E-state index is 0.0994. The summed E-state index contributed by atoms with van der Waals surface area (Å²) in [6, 6.07) is 58.8. The molecule has 0 amide bonds. The van der Waals surface area contributed by atoms with Gasteiger partial charge in [-0.15, -0.1) is 0 Å². The second kappa shape index (κ2) is 11.8. The lowest BCUT2D eigenvalue weighted by Gasteiger charge is -2.61. The van der Waals surface area contributed by atoms with E-state index in [-0.39, 0.29) is 16.2 Å². The molecule has 0 aliphatic heterocycles. The summed E-state index contributed by atoms with van der Waals surface area (Å²) in [5.74, 6) is 3.26. The summed E-state index contributed by atoms with van der Waals surface area (Å²) in [6.07, 6.45) is 7.01. The Morgan fingerprint density at radius 3 is 1.56 bits per heavy atom. The zero-order valence-corrected chi connectivity index (χ0v) is 34.7. The average Bonchev–Trinajstić information content (AvgIpc) is 3.78. The fourth-order valence-electron chi connectivity index (χ4n) is 14.6.